The largest absolute Gasteiger partial charge is 0.380 e. The minimum Gasteiger partial charge on any atom is -0.380 e. The molecule has 3 rings (SSSR count). The molecule has 2 aromatic rings. The highest BCUT2D eigenvalue weighted by Crippen LogP contribution is 2.37. The van der Waals surface area contributed by atoms with E-state index in [0.29, 0.717) is 12.0 Å². The maximum absolute atomic E-state index is 6.38. The molecule has 21 heavy (non-hydrogen) atoms. The molecule has 1 fully saturated rings. The van der Waals surface area contributed by atoms with Crippen LogP contribution in [-0.2, 0) is 0 Å². The summed E-state index contributed by atoms with van der Waals surface area (Å²) in [5.41, 5.74) is 3.77. The van der Waals surface area contributed by atoms with Gasteiger partial charge >= 0.3 is 0 Å². The SMILES string of the molecule is Cc1cccc(Cl)c1NC1CCCCC1c1ccccc1. The van der Waals surface area contributed by atoms with Gasteiger partial charge in [-0.25, -0.2) is 0 Å². The molecule has 1 N–H and O–H groups in total. The Kier molecular flexibility index (Phi) is 4.50. The highest BCUT2D eigenvalue weighted by Gasteiger charge is 2.27. The summed E-state index contributed by atoms with van der Waals surface area (Å²) in [4.78, 5) is 0. The fourth-order valence-corrected chi connectivity index (χ4v) is 3.68. The van der Waals surface area contributed by atoms with Crippen LogP contribution in [0.4, 0.5) is 5.69 Å². The summed E-state index contributed by atoms with van der Waals surface area (Å²) < 4.78 is 0. The van der Waals surface area contributed by atoms with E-state index < -0.39 is 0 Å². The molecule has 1 aliphatic carbocycles. The Morgan fingerprint density at radius 3 is 2.48 bits per heavy atom. The van der Waals surface area contributed by atoms with Gasteiger partial charge in [-0.05, 0) is 37.0 Å². The fourth-order valence-electron chi connectivity index (χ4n) is 3.40. The number of nitrogens with one attached hydrogen (secondary N) is 1. The second-order valence-corrected chi connectivity index (χ2v) is 6.39. The normalized spacial score (nSPS) is 22.0. The monoisotopic (exact) mass is 299 g/mol. The molecule has 2 atom stereocenters. The number of aryl methyl sites for hydroxylation is 1. The van der Waals surface area contributed by atoms with Crippen LogP contribution in [0.5, 0.6) is 0 Å². The van der Waals surface area contributed by atoms with Gasteiger partial charge in [-0.1, -0.05) is 66.9 Å². The summed E-state index contributed by atoms with van der Waals surface area (Å²) in [6.07, 6.45) is 5.08. The van der Waals surface area contributed by atoms with E-state index in [2.05, 4.69) is 48.6 Å². The molecule has 1 saturated carbocycles. The Bertz CT molecular complexity index is 574. The van der Waals surface area contributed by atoms with Crippen LogP contribution in [0.25, 0.3) is 0 Å². The van der Waals surface area contributed by atoms with Gasteiger partial charge in [-0.15, -0.1) is 0 Å². The van der Waals surface area contributed by atoms with E-state index in [1.54, 1.807) is 0 Å². The van der Waals surface area contributed by atoms with Gasteiger partial charge in [0.1, 0.15) is 0 Å². The highest BCUT2D eigenvalue weighted by atomic mass is 35.5. The molecule has 1 nitrogen and oxygen atoms in total. The number of benzene rings is 2. The lowest BCUT2D eigenvalue weighted by atomic mass is 9.80. The van der Waals surface area contributed by atoms with Gasteiger partial charge in [0.25, 0.3) is 0 Å². The average Bonchev–Trinajstić information content (AvgIpc) is 2.52. The smallest absolute Gasteiger partial charge is 0.0640 e. The summed E-state index contributed by atoms with van der Waals surface area (Å²) in [7, 11) is 0. The summed E-state index contributed by atoms with van der Waals surface area (Å²) in [6, 6.07) is 17.5. The van der Waals surface area contributed by atoms with Crippen LogP contribution in [0.2, 0.25) is 5.02 Å². The fraction of sp³-hybridized carbons (Fsp3) is 0.368. The van der Waals surface area contributed by atoms with E-state index in [9.17, 15) is 0 Å². The van der Waals surface area contributed by atoms with Crippen LogP contribution in [0, 0.1) is 6.92 Å². The second-order valence-electron chi connectivity index (χ2n) is 5.98. The first kappa shape index (κ1) is 14.5. The molecule has 0 aromatic heterocycles. The van der Waals surface area contributed by atoms with Gasteiger partial charge in [-0.3, -0.25) is 0 Å². The van der Waals surface area contributed by atoms with Gasteiger partial charge in [0, 0.05) is 12.0 Å². The molecule has 0 amide bonds. The highest BCUT2D eigenvalue weighted by molar-refractivity contribution is 6.33. The maximum atomic E-state index is 6.38. The van der Waals surface area contributed by atoms with Crippen molar-refractivity contribution in [3.8, 4) is 0 Å². The lowest BCUT2D eigenvalue weighted by Gasteiger charge is -2.34. The third-order valence-corrected chi connectivity index (χ3v) is 4.86. The number of hydrogen-bond donors (Lipinski definition) is 1. The standard InChI is InChI=1S/C19H22ClN/c1-14-8-7-12-17(20)19(14)21-18-13-6-5-11-16(18)15-9-3-2-4-10-15/h2-4,7-10,12,16,18,21H,5-6,11,13H2,1H3. The third-order valence-electron chi connectivity index (χ3n) is 4.55. The maximum Gasteiger partial charge on any atom is 0.0640 e. The second kappa shape index (κ2) is 6.53. The predicted octanol–water partition coefficient (Wildman–Crippen LogP) is 5.79. The Labute approximate surface area is 132 Å². The first-order valence-electron chi connectivity index (χ1n) is 7.82. The predicted molar refractivity (Wildman–Crippen MR) is 91.3 cm³/mol. The van der Waals surface area contributed by atoms with Crippen molar-refractivity contribution in [2.24, 2.45) is 0 Å². The van der Waals surface area contributed by atoms with E-state index >= 15 is 0 Å². The zero-order chi connectivity index (χ0) is 14.7. The van der Waals surface area contributed by atoms with Gasteiger partial charge in [-0.2, -0.15) is 0 Å². The van der Waals surface area contributed by atoms with Crippen LogP contribution in [0.1, 0.15) is 42.7 Å². The van der Waals surface area contributed by atoms with Crippen LogP contribution >= 0.6 is 11.6 Å². The van der Waals surface area contributed by atoms with Gasteiger partial charge in [0.15, 0.2) is 0 Å². The molecule has 0 radical (unpaired) electrons. The lowest BCUT2D eigenvalue weighted by Crippen LogP contribution is -2.31. The molecule has 110 valence electrons. The minimum absolute atomic E-state index is 0.472. The summed E-state index contributed by atoms with van der Waals surface area (Å²) in [5.74, 6) is 0.579. The Morgan fingerprint density at radius 2 is 1.71 bits per heavy atom. The molecule has 2 heteroatoms. The van der Waals surface area contributed by atoms with Crippen molar-refractivity contribution >= 4 is 17.3 Å². The Balaban J connectivity index is 1.85. The van der Waals surface area contributed by atoms with Crippen LogP contribution < -0.4 is 5.32 Å². The van der Waals surface area contributed by atoms with Crippen LogP contribution in [0.3, 0.4) is 0 Å². The van der Waals surface area contributed by atoms with Crippen LogP contribution in [0.15, 0.2) is 48.5 Å². The van der Waals surface area contributed by atoms with Crippen molar-refractivity contribution < 1.29 is 0 Å². The van der Waals surface area contributed by atoms with E-state index in [-0.39, 0.29) is 0 Å². The van der Waals surface area contributed by atoms with Crippen molar-refractivity contribution in [1.29, 1.82) is 0 Å². The molecule has 0 saturated heterocycles. The summed E-state index contributed by atoms with van der Waals surface area (Å²) in [5, 5.41) is 4.56. The molecular weight excluding hydrogens is 278 g/mol. The van der Waals surface area contributed by atoms with Gasteiger partial charge in [0.2, 0.25) is 0 Å². The van der Waals surface area contributed by atoms with E-state index in [4.69, 9.17) is 11.6 Å². The zero-order valence-electron chi connectivity index (χ0n) is 12.5. The molecule has 2 unspecified atom stereocenters. The topological polar surface area (TPSA) is 12.0 Å². The summed E-state index contributed by atoms with van der Waals surface area (Å²) >= 11 is 6.38. The van der Waals surface area contributed by atoms with E-state index in [1.165, 1.54) is 36.8 Å². The first-order chi connectivity index (χ1) is 10.3. The number of halogens is 1. The quantitative estimate of drug-likeness (QED) is 0.756. The zero-order valence-corrected chi connectivity index (χ0v) is 13.2. The Hall–Kier alpha value is -1.47. The van der Waals surface area contributed by atoms with Crippen molar-refractivity contribution in [2.75, 3.05) is 5.32 Å². The minimum atomic E-state index is 0.472. The number of para-hydroxylation sites is 1. The van der Waals surface area contributed by atoms with E-state index in [0.717, 1.165) is 10.7 Å². The molecule has 2 aromatic carbocycles. The lowest BCUT2D eigenvalue weighted by molar-refractivity contribution is 0.405. The molecule has 0 aliphatic heterocycles. The molecule has 1 aliphatic rings. The van der Waals surface area contributed by atoms with Crippen molar-refractivity contribution in [2.45, 2.75) is 44.6 Å². The van der Waals surface area contributed by atoms with E-state index in [1.807, 2.05) is 12.1 Å². The summed E-state index contributed by atoms with van der Waals surface area (Å²) in [6.45, 7) is 2.12. The first-order valence-corrected chi connectivity index (χ1v) is 8.20. The molecular formula is C19H22ClN. The molecule has 0 heterocycles. The number of anilines is 1. The number of rotatable bonds is 3. The number of hydrogen-bond acceptors (Lipinski definition) is 1. The molecule has 0 bridgehead atoms. The van der Waals surface area contributed by atoms with Crippen molar-refractivity contribution in [3.05, 3.63) is 64.7 Å². The average molecular weight is 300 g/mol. The van der Waals surface area contributed by atoms with Crippen molar-refractivity contribution in [3.63, 3.8) is 0 Å². The molecule has 0 spiro atoms. The van der Waals surface area contributed by atoms with Gasteiger partial charge in [0.05, 0.1) is 10.7 Å². The Morgan fingerprint density at radius 1 is 0.952 bits per heavy atom. The van der Waals surface area contributed by atoms with Crippen molar-refractivity contribution in [1.82, 2.24) is 0 Å². The third kappa shape index (κ3) is 3.24. The van der Waals surface area contributed by atoms with Crippen LogP contribution in [-0.4, -0.2) is 6.04 Å². The van der Waals surface area contributed by atoms with Gasteiger partial charge < -0.3 is 5.32 Å².